The highest BCUT2D eigenvalue weighted by molar-refractivity contribution is 5.26. The summed E-state index contributed by atoms with van der Waals surface area (Å²) < 4.78 is 42.6. The van der Waals surface area contributed by atoms with Gasteiger partial charge in [-0.3, -0.25) is 0 Å². The number of hydrogen-bond acceptors (Lipinski definition) is 2. The van der Waals surface area contributed by atoms with Gasteiger partial charge in [0.15, 0.2) is 0 Å². The summed E-state index contributed by atoms with van der Waals surface area (Å²) in [5.74, 6) is 0. The Hall–Kier alpha value is -1.07. The molecule has 0 aliphatic carbocycles. The molecule has 1 N–H and O–H groups in total. The summed E-state index contributed by atoms with van der Waals surface area (Å²) in [5, 5.41) is 9.80. The van der Waals surface area contributed by atoms with Crippen molar-refractivity contribution in [1.29, 1.82) is 0 Å². The Morgan fingerprint density at radius 1 is 1.26 bits per heavy atom. The largest absolute Gasteiger partial charge is 0.416 e. The van der Waals surface area contributed by atoms with Crippen molar-refractivity contribution >= 4 is 0 Å². The van der Waals surface area contributed by atoms with E-state index in [0.29, 0.717) is 18.4 Å². The summed E-state index contributed by atoms with van der Waals surface area (Å²) >= 11 is 0. The molecule has 1 rings (SSSR count). The van der Waals surface area contributed by atoms with Crippen LogP contribution in [0.2, 0.25) is 0 Å². The van der Waals surface area contributed by atoms with Crippen LogP contribution in [0.4, 0.5) is 13.2 Å². The normalized spacial score (nSPS) is 15.3. The topological polar surface area (TPSA) is 29.5 Å². The molecular weight excluding hydrogens is 257 g/mol. The van der Waals surface area contributed by atoms with E-state index in [2.05, 4.69) is 0 Å². The first kappa shape index (κ1) is 16.0. The first-order chi connectivity index (χ1) is 8.82. The predicted octanol–water partition coefficient (Wildman–Crippen LogP) is 3.42. The first-order valence-corrected chi connectivity index (χ1v) is 6.20. The fourth-order valence-corrected chi connectivity index (χ4v) is 1.79. The highest BCUT2D eigenvalue weighted by Crippen LogP contribution is 2.29. The van der Waals surface area contributed by atoms with Crippen molar-refractivity contribution in [3.8, 4) is 0 Å². The molecule has 2 nitrogen and oxygen atoms in total. The second-order valence-corrected chi connectivity index (χ2v) is 4.68. The highest BCUT2D eigenvalue weighted by atomic mass is 19.4. The minimum Gasteiger partial charge on any atom is -0.393 e. The van der Waals surface area contributed by atoms with Gasteiger partial charge in [-0.05, 0) is 37.8 Å². The molecule has 5 heteroatoms. The molecule has 0 aromatic heterocycles. The van der Waals surface area contributed by atoms with E-state index in [4.69, 9.17) is 4.74 Å². The summed E-state index contributed by atoms with van der Waals surface area (Å²) in [7, 11) is 1.59. The highest BCUT2D eigenvalue weighted by Gasteiger charge is 2.30. The SMILES string of the molecule is COC(C)CCC(O)Cc1cccc(C(F)(F)F)c1. The fraction of sp³-hybridized carbons (Fsp3) is 0.571. The van der Waals surface area contributed by atoms with Gasteiger partial charge in [-0.15, -0.1) is 0 Å². The zero-order valence-corrected chi connectivity index (χ0v) is 11.1. The minimum absolute atomic E-state index is 0.0381. The zero-order valence-electron chi connectivity index (χ0n) is 11.1. The van der Waals surface area contributed by atoms with E-state index in [1.165, 1.54) is 6.07 Å². The van der Waals surface area contributed by atoms with Crippen LogP contribution in [0, 0.1) is 0 Å². The van der Waals surface area contributed by atoms with E-state index >= 15 is 0 Å². The maximum absolute atomic E-state index is 12.5. The Morgan fingerprint density at radius 2 is 1.95 bits per heavy atom. The van der Waals surface area contributed by atoms with Gasteiger partial charge in [-0.25, -0.2) is 0 Å². The molecule has 0 amide bonds. The molecule has 0 aliphatic heterocycles. The van der Waals surface area contributed by atoms with Crippen LogP contribution < -0.4 is 0 Å². The third-order valence-corrected chi connectivity index (χ3v) is 3.03. The van der Waals surface area contributed by atoms with Gasteiger partial charge in [0.25, 0.3) is 0 Å². The van der Waals surface area contributed by atoms with E-state index in [1.807, 2.05) is 6.92 Å². The number of rotatable bonds is 6. The average molecular weight is 276 g/mol. The molecule has 2 unspecified atom stereocenters. The molecule has 1 aromatic carbocycles. The van der Waals surface area contributed by atoms with E-state index < -0.39 is 17.8 Å². The van der Waals surface area contributed by atoms with Crippen molar-refractivity contribution in [1.82, 2.24) is 0 Å². The third-order valence-electron chi connectivity index (χ3n) is 3.03. The summed E-state index contributed by atoms with van der Waals surface area (Å²) in [6.45, 7) is 1.89. The molecule has 19 heavy (non-hydrogen) atoms. The Morgan fingerprint density at radius 3 is 2.53 bits per heavy atom. The number of aliphatic hydroxyl groups excluding tert-OH is 1. The second-order valence-electron chi connectivity index (χ2n) is 4.68. The number of halogens is 3. The number of alkyl halides is 3. The van der Waals surface area contributed by atoms with Gasteiger partial charge in [0.2, 0.25) is 0 Å². The Labute approximate surface area is 111 Å². The maximum atomic E-state index is 12.5. The zero-order chi connectivity index (χ0) is 14.5. The number of aliphatic hydroxyl groups is 1. The summed E-state index contributed by atoms with van der Waals surface area (Å²) in [6.07, 6.45) is -3.55. The van der Waals surface area contributed by atoms with Gasteiger partial charge in [0.1, 0.15) is 0 Å². The molecule has 0 saturated heterocycles. The standard InChI is InChI=1S/C14H19F3O2/c1-10(19-2)6-7-13(18)9-11-4-3-5-12(8-11)14(15,16)17/h3-5,8,10,13,18H,6-7,9H2,1-2H3. The second kappa shape index (κ2) is 6.91. The van der Waals surface area contributed by atoms with Crippen LogP contribution in [0.15, 0.2) is 24.3 Å². The maximum Gasteiger partial charge on any atom is 0.416 e. The lowest BCUT2D eigenvalue weighted by molar-refractivity contribution is -0.137. The van der Waals surface area contributed by atoms with Crippen molar-refractivity contribution in [2.45, 2.75) is 44.6 Å². The van der Waals surface area contributed by atoms with Crippen molar-refractivity contribution in [3.63, 3.8) is 0 Å². The smallest absolute Gasteiger partial charge is 0.393 e. The number of ether oxygens (including phenoxy) is 1. The van der Waals surface area contributed by atoms with E-state index in [9.17, 15) is 18.3 Å². The van der Waals surface area contributed by atoms with Gasteiger partial charge >= 0.3 is 6.18 Å². The lowest BCUT2D eigenvalue weighted by atomic mass is 10.0. The molecule has 108 valence electrons. The molecule has 1 aromatic rings. The van der Waals surface area contributed by atoms with Crippen LogP contribution in [0.1, 0.15) is 30.9 Å². The van der Waals surface area contributed by atoms with Crippen LogP contribution in [0.5, 0.6) is 0 Å². The van der Waals surface area contributed by atoms with Crippen LogP contribution in [-0.2, 0) is 17.3 Å². The minimum atomic E-state index is -4.34. The monoisotopic (exact) mass is 276 g/mol. The summed E-state index contributed by atoms with van der Waals surface area (Å²) in [4.78, 5) is 0. The molecular formula is C14H19F3O2. The molecule has 0 bridgehead atoms. The van der Waals surface area contributed by atoms with Crippen molar-refractivity contribution in [3.05, 3.63) is 35.4 Å². The third kappa shape index (κ3) is 5.61. The Bertz CT molecular complexity index is 391. The first-order valence-electron chi connectivity index (χ1n) is 6.20. The van der Waals surface area contributed by atoms with Gasteiger partial charge in [-0.2, -0.15) is 13.2 Å². The molecule has 0 spiro atoms. The van der Waals surface area contributed by atoms with Gasteiger partial charge < -0.3 is 9.84 Å². The quantitative estimate of drug-likeness (QED) is 0.862. The Kier molecular flexibility index (Phi) is 5.82. The van der Waals surface area contributed by atoms with Crippen molar-refractivity contribution < 1.29 is 23.0 Å². The molecule has 0 aliphatic rings. The summed E-state index contributed by atoms with van der Waals surface area (Å²) in [6, 6.07) is 5.08. The molecule has 0 saturated carbocycles. The molecule has 0 fully saturated rings. The number of methoxy groups -OCH3 is 1. The Balaban J connectivity index is 2.57. The lowest BCUT2D eigenvalue weighted by Gasteiger charge is -2.15. The number of benzene rings is 1. The molecule has 0 heterocycles. The molecule has 0 radical (unpaired) electrons. The molecule has 2 atom stereocenters. The van der Waals surface area contributed by atoms with E-state index in [1.54, 1.807) is 13.2 Å². The van der Waals surface area contributed by atoms with Gasteiger partial charge in [0.05, 0.1) is 17.8 Å². The van der Waals surface area contributed by atoms with Crippen LogP contribution >= 0.6 is 0 Å². The average Bonchev–Trinajstić information content (AvgIpc) is 2.35. The van der Waals surface area contributed by atoms with Crippen molar-refractivity contribution in [2.24, 2.45) is 0 Å². The van der Waals surface area contributed by atoms with E-state index in [0.717, 1.165) is 12.1 Å². The van der Waals surface area contributed by atoms with Crippen LogP contribution in [0.3, 0.4) is 0 Å². The van der Waals surface area contributed by atoms with Crippen LogP contribution in [0.25, 0.3) is 0 Å². The van der Waals surface area contributed by atoms with Gasteiger partial charge in [-0.1, -0.05) is 18.2 Å². The predicted molar refractivity (Wildman–Crippen MR) is 66.9 cm³/mol. The van der Waals surface area contributed by atoms with Crippen LogP contribution in [-0.4, -0.2) is 24.4 Å². The fourth-order valence-electron chi connectivity index (χ4n) is 1.79. The number of hydrogen-bond donors (Lipinski definition) is 1. The summed E-state index contributed by atoms with van der Waals surface area (Å²) in [5.41, 5.74) is -0.185. The van der Waals surface area contributed by atoms with Crippen molar-refractivity contribution in [2.75, 3.05) is 7.11 Å². The van der Waals surface area contributed by atoms with E-state index in [-0.39, 0.29) is 12.5 Å². The lowest BCUT2D eigenvalue weighted by Crippen LogP contribution is -2.15. The van der Waals surface area contributed by atoms with Gasteiger partial charge in [0, 0.05) is 7.11 Å².